The summed E-state index contributed by atoms with van der Waals surface area (Å²) in [6.07, 6.45) is 2.24. The zero-order valence-corrected chi connectivity index (χ0v) is 17.3. The fourth-order valence-corrected chi connectivity index (χ4v) is 4.26. The lowest BCUT2D eigenvalue weighted by Crippen LogP contribution is -2.37. The van der Waals surface area contributed by atoms with Gasteiger partial charge in [0.2, 0.25) is 11.8 Å². The van der Waals surface area contributed by atoms with Crippen molar-refractivity contribution in [2.24, 2.45) is 5.92 Å². The van der Waals surface area contributed by atoms with Gasteiger partial charge >= 0.3 is 0 Å². The molecule has 2 fully saturated rings. The Labute approximate surface area is 175 Å². The van der Waals surface area contributed by atoms with E-state index >= 15 is 0 Å². The van der Waals surface area contributed by atoms with Gasteiger partial charge in [-0.2, -0.15) is 0 Å². The van der Waals surface area contributed by atoms with Gasteiger partial charge < -0.3 is 19.9 Å². The average molecular weight is 412 g/mol. The van der Waals surface area contributed by atoms with Crippen LogP contribution in [0, 0.1) is 5.92 Å². The van der Waals surface area contributed by atoms with E-state index in [4.69, 9.17) is 4.74 Å². The third-order valence-electron chi connectivity index (χ3n) is 5.37. The molecule has 1 N–H and O–H groups in total. The molecule has 0 aromatic heterocycles. The molecule has 1 atom stereocenters. The summed E-state index contributed by atoms with van der Waals surface area (Å²) >= 11 is 1.64. The number of nitrogens with one attached hydrogen (secondary N) is 1. The van der Waals surface area contributed by atoms with Gasteiger partial charge in [0, 0.05) is 36.6 Å². The fourth-order valence-electron chi connectivity index (χ4n) is 3.81. The van der Waals surface area contributed by atoms with E-state index in [0.29, 0.717) is 19.8 Å². The fraction of sp³-hybridized carbons (Fsp3) is 0.364. The molecule has 0 unspecified atom stereocenters. The molecule has 0 radical (unpaired) electrons. The standard InChI is InChI=1S/C22H25N3O3S/c1-29-18-6-4-5-17(14-18)25-15-16(13-21(25)26)22(27)23-19-7-2-3-8-20(19)24-9-11-28-12-10-24/h2-8,14,16H,9-13,15H2,1H3,(H,23,27)/t16-/m1/s1. The van der Waals surface area contributed by atoms with Crippen molar-refractivity contribution in [2.45, 2.75) is 11.3 Å². The molecule has 7 heteroatoms. The predicted molar refractivity (Wildman–Crippen MR) is 117 cm³/mol. The first-order chi connectivity index (χ1) is 14.2. The topological polar surface area (TPSA) is 61.9 Å². The van der Waals surface area contributed by atoms with Crippen molar-refractivity contribution in [3.63, 3.8) is 0 Å². The zero-order chi connectivity index (χ0) is 20.2. The van der Waals surface area contributed by atoms with Crippen LogP contribution in [0.15, 0.2) is 53.4 Å². The summed E-state index contributed by atoms with van der Waals surface area (Å²) in [4.78, 5) is 30.6. The third-order valence-corrected chi connectivity index (χ3v) is 6.10. The van der Waals surface area contributed by atoms with Crippen molar-refractivity contribution in [1.82, 2.24) is 0 Å². The molecule has 0 saturated carbocycles. The van der Waals surface area contributed by atoms with E-state index in [1.165, 1.54) is 0 Å². The SMILES string of the molecule is CSc1cccc(N2C[C@H](C(=O)Nc3ccccc3N3CCOCC3)CC2=O)c1. The molecule has 6 nitrogen and oxygen atoms in total. The molecule has 2 aliphatic rings. The van der Waals surface area contributed by atoms with Crippen LogP contribution >= 0.6 is 11.8 Å². The van der Waals surface area contributed by atoms with E-state index in [0.717, 1.165) is 35.0 Å². The number of ether oxygens (including phenoxy) is 1. The van der Waals surface area contributed by atoms with Crippen molar-refractivity contribution >= 4 is 40.6 Å². The molecule has 2 aromatic carbocycles. The molecule has 0 aliphatic carbocycles. The van der Waals surface area contributed by atoms with Crippen molar-refractivity contribution in [3.05, 3.63) is 48.5 Å². The molecular formula is C22H25N3O3S. The Morgan fingerprint density at radius 2 is 1.93 bits per heavy atom. The third kappa shape index (κ3) is 4.41. The Balaban J connectivity index is 1.46. The smallest absolute Gasteiger partial charge is 0.229 e. The van der Waals surface area contributed by atoms with E-state index in [9.17, 15) is 9.59 Å². The number of carbonyl (C=O) groups is 2. The summed E-state index contributed by atoms with van der Waals surface area (Å²) in [5.41, 5.74) is 2.64. The van der Waals surface area contributed by atoms with Gasteiger partial charge in [0.25, 0.3) is 0 Å². The van der Waals surface area contributed by atoms with E-state index in [1.807, 2.05) is 54.8 Å². The van der Waals surface area contributed by atoms with E-state index in [1.54, 1.807) is 16.7 Å². The number of anilines is 3. The lowest BCUT2D eigenvalue weighted by Gasteiger charge is -2.30. The molecule has 4 rings (SSSR count). The highest BCUT2D eigenvalue weighted by atomic mass is 32.2. The van der Waals surface area contributed by atoms with Crippen LogP contribution in [0.4, 0.5) is 17.1 Å². The number of para-hydroxylation sites is 2. The van der Waals surface area contributed by atoms with Gasteiger partial charge in [-0.3, -0.25) is 9.59 Å². The maximum absolute atomic E-state index is 13.0. The first kappa shape index (κ1) is 19.8. The minimum atomic E-state index is -0.363. The number of hydrogen-bond acceptors (Lipinski definition) is 5. The highest BCUT2D eigenvalue weighted by Crippen LogP contribution is 2.31. The summed E-state index contributed by atoms with van der Waals surface area (Å²) in [6, 6.07) is 15.7. The number of benzene rings is 2. The minimum Gasteiger partial charge on any atom is -0.378 e. The summed E-state index contributed by atoms with van der Waals surface area (Å²) in [5, 5.41) is 3.06. The van der Waals surface area contributed by atoms with Gasteiger partial charge in [-0.05, 0) is 36.6 Å². The summed E-state index contributed by atoms with van der Waals surface area (Å²) in [7, 11) is 0. The van der Waals surface area contributed by atoms with Crippen molar-refractivity contribution < 1.29 is 14.3 Å². The molecule has 2 saturated heterocycles. The maximum atomic E-state index is 13.0. The first-order valence-electron chi connectivity index (χ1n) is 9.82. The quantitative estimate of drug-likeness (QED) is 0.766. The number of thioether (sulfide) groups is 1. The molecular weight excluding hydrogens is 386 g/mol. The summed E-state index contributed by atoms with van der Waals surface area (Å²) in [6.45, 7) is 3.37. The highest BCUT2D eigenvalue weighted by Gasteiger charge is 2.35. The van der Waals surface area contributed by atoms with Gasteiger partial charge in [0.1, 0.15) is 0 Å². The molecule has 152 valence electrons. The van der Waals surface area contributed by atoms with Crippen molar-refractivity contribution in [3.8, 4) is 0 Å². The lowest BCUT2D eigenvalue weighted by molar-refractivity contribution is -0.122. The Hall–Kier alpha value is -2.51. The number of rotatable bonds is 5. The Kier molecular flexibility index (Phi) is 6.06. The number of carbonyl (C=O) groups excluding carboxylic acids is 2. The van der Waals surface area contributed by atoms with E-state index in [-0.39, 0.29) is 24.2 Å². The molecule has 0 spiro atoms. The largest absolute Gasteiger partial charge is 0.378 e. The normalized spacial score (nSPS) is 19.5. The lowest BCUT2D eigenvalue weighted by atomic mass is 10.1. The molecule has 2 amide bonds. The average Bonchev–Trinajstić information content (AvgIpc) is 3.16. The maximum Gasteiger partial charge on any atom is 0.229 e. The van der Waals surface area contributed by atoms with Crippen LogP contribution in [-0.4, -0.2) is 50.9 Å². The zero-order valence-electron chi connectivity index (χ0n) is 16.5. The molecule has 29 heavy (non-hydrogen) atoms. The van der Waals surface area contributed by atoms with Crippen LogP contribution < -0.4 is 15.1 Å². The van der Waals surface area contributed by atoms with Crippen LogP contribution in [0.5, 0.6) is 0 Å². The monoisotopic (exact) mass is 411 g/mol. The van der Waals surface area contributed by atoms with Crippen molar-refractivity contribution in [2.75, 3.05) is 54.2 Å². The molecule has 2 aromatic rings. The summed E-state index contributed by atoms with van der Waals surface area (Å²) in [5.74, 6) is -0.481. The van der Waals surface area contributed by atoms with Crippen molar-refractivity contribution in [1.29, 1.82) is 0 Å². The van der Waals surface area contributed by atoms with Gasteiger partial charge in [0.05, 0.1) is 30.5 Å². The van der Waals surface area contributed by atoms with Crippen LogP contribution in [-0.2, 0) is 14.3 Å². The number of morpholine rings is 1. The van der Waals surface area contributed by atoms with E-state index in [2.05, 4.69) is 10.2 Å². The minimum absolute atomic E-state index is 0.00938. The van der Waals surface area contributed by atoms with Gasteiger partial charge in [-0.1, -0.05) is 18.2 Å². The second-order valence-electron chi connectivity index (χ2n) is 7.21. The second kappa shape index (κ2) is 8.88. The number of nitrogens with zero attached hydrogens (tertiary/aromatic N) is 2. The van der Waals surface area contributed by atoms with E-state index < -0.39 is 0 Å². The molecule has 2 aliphatic heterocycles. The van der Waals surface area contributed by atoms with Crippen LogP contribution in [0.25, 0.3) is 0 Å². The van der Waals surface area contributed by atoms with Gasteiger partial charge in [0.15, 0.2) is 0 Å². The Bertz CT molecular complexity index is 898. The predicted octanol–water partition coefficient (Wildman–Crippen LogP) is 3.24. The van der Waals surface area contributed by atoms with Crippen LogP contribution in [0.1, 0.15) is 6.42 Å². The molecule has 0 bridgehead atoms. The summed E-state index contributed by atoms with van der Waals surface area (Å²) < 4.78 is 5.43. The highest BCUT2D eigenvalue weighted by molar-refractivity contribution is 7.98. The van der Waals surface area contributed by atoms with Gasteiger partial charge in [-0.25, -0.2) is 0 Å². The Morgan fingerprint density at radius 3 is 2.72 bits per heavy atom. The number of amides is 2. The molecule has 2 heterocycles. The Morgan fingerprint density at radius 1 is 1.14 bits per heavy atom. The van der Waals surface area contributed by atoms with Gasteiger partial charge in [-0.15, -0.1) is 11.8 Å². The number of hydrogen-bond donors (Lipinski definition) is 1. The second-order valence-corrected chi connectivity index (χ2v) is 8.09. The first-order valence-corrected chi connectivity index (χ1v) is 11.0. The van der Waals surface area contributed by atoms with Crippen LogP contribution in [0.3, 0.4) is 0 Å². The van der Waals surface area contributed by atoms with Crippen LogP contribution in [0.2, 0.25) is 0 Å².